The van der Waals surface area contributed by atoms with Crippen LogP contribution in [0.25, 0.3) is 0 Å². The predicted octanol–water partition coefficient (Wildman–Crippen LogP) is 1.69. The number of hydrogen-bond donors (Lipinski definition) is 2. The summed E-state index contributed by atoms with van der Waals surface area (Å²) >= 11 is 0. The minimum atomic E-state index is -4.15. The van der Waals surface area contributed by atoms with Crippen LogP contribution in [0.4, 0.5) is 13.2 Å². The molecule has 0 atom stereocenters. The van der Waals surface area contributed by atoms with Crippen molar-refractivity contribution in [2.24, 2.45) is 10.9 Å². The van der Waals surface area contributed by atoms with Crippen LogP contribution in [0.3, 0.4) is 0 Å². The van der Waals surface area contributed by atoms with Crippen LogP contribution in [-0.2, 0) is 0 Å². The number of rotatable bonds is 7. The molecule has 0 spiro atoms. The number of hydrogen-bond acceptors (Lipinski definition) is 2. The van der Waals surface area contributed by atoms with Crippen molar-refractivity contribution in [3.63, 3.8) is 0 Å². The lowest BCUT2D eigenvalue weighted by Gasteiger charge is -2.19. The van der Waals surface area contributed by atoms with E-state index < -0.39 is 12.7 Å². The average molecular weight is 282 g/mol. The summed E-state index contributed by atoms with van der Waals surface area (Å²) in [7, 11) is 1.45. The number of aliphatic imine (C=N–C) groups is 1. The highest BCUT2D eigenvalue weighted by Gasteiger charge is 2.28. The maximum Gasteiger partial charge on any atom is 0.401 e. The van der Waals surface area contributed by atoms with Gasteiger partial charge in [0, 0.05) is 26.2 Å². The third-order valence-corrected chi connectivity index (χ3v) is 2.19. The van der Waals surface area contributed by atoms with Gasteiger partial charge in [0.25, 0.3) is 0 Å². The molecule has 0 aliphatic rings. The first-order chi connectivity index (χ1) is 8.74. The number of guanidine groups is 1. The largest absolute Gasteiger partial charge is 0.401 e. The first kappa shape index (κ1) is 18.0. The zero-order valence-corrected chi connectivity index (χ0v) is 12.1. The smallest absolute Gasteiger partial charge is 0.357 e. The highest BCUT2D eigenvalue weighted by Crippen LogP contribution is 2.14. The Bertz CT molecular complexity index is 264. The Morgan fingerprint density at radius 2 is 1.89 bits per heavy atom. The number of alkyl halides is 3. The summed E-state index contributed by atoms with van der Waals surface area (Å²) < 4.78 is 36.4. The summed E-state index contributed by atoms with van der Waals surface area (Å²) in [5, 5.41) is 6.08. The first-order valence-corrected chi connectivity index (χ1v) is 6.52. The Labute approximate surface area is 113 Å². The third kappa shape index (κ3) is 11.8. The second kappa shape index (κ2) is 9.01. The van der Waals surface area contributed by atoms with Gasteiger partial charge in [-0.25, -0.2) is 0 Å². The van der Waals surface area contributed by atoms with Crippen molar-refractivity contribution in [1.29, 1.82) is 0 Å². The molecule has 0 rings (SSSR count). The molecule has 0 amide bonds. The predicted molar refractivity (Wildman–Crippen MR) is 72.4 cm³/mol. The highest BCUT2D eigenvalue weighted by atomic mass is 19.4. The first-order valence-electron chi connectivity index (χ1n) is 6.52. The SMILES string of the molecule is CCNC(=NCC(C)C)NCCN(C)CC(F)(F)F. The number of halogens is 3. The van der Waals surface area contributed by atoms with Crippen LogP contribution in [0.2, 0.25) is 0 Å². The van der Waals surface area contributed by atoms with E-state index in [0.717, 1.165) is 6.54 Å². The van der Waals surface area contributed by atoms with Gasteiger partial charge in [-0.2, -0.15) is 13.2 Å². The maximum absolute atomic E-state index is 12.1. The van der Waals surface area contributed by atoms with E-state index in [1.165, 1.54) is 11.9 Å². The molecule has 0 radical (unpaired) electrons. The molecule has 114 valence electrons. The van der Waals surface area contributed by atoms with Crippen molar-refractivity contribution in [3.05, 3.63) is 0 Å². The fourth-order valence-corrected chi connectivity index (χ4v) is 1.37. The summed E-state index contributed by atoms with van der Waals surface area (Å²) in [6.07, 6.45) is -4.15. The van der Waals surface area contributed by atoms with Gasteiger partial charge in [0.15, 0.2) is 5.96 Å². The molecule has 0 heterocycles. The van der Waals surface area contributed by atoms with E-state index in [9.17, 15) is 13.2 Å². The van der Waals surface area contributed by atoms with Crippen LogP contribution in [0.15, 0.2) is 4.99 Å². The van der Waals surface area contributed by atoms with Gasteiger partial charge in [0.05, 0.1) is 6.54 Å². The molecule has 0 saturated carbocycles. The van der Waals surface area contributed by atoms with Gasteiger partial charge in [-0.3, -0.25) is 9.89 Å². The molecular formula is C12H25F3N4. The lowest BCUT2D eigenvalue weighted by molar-refractivity contribution is -0.142. The Morgan fingerprint density at radius 3 is 2.37 bits per heavy atom. The Morgan fingerprint density at radius 1 is 1.26 bits per heavy atom. The molecule has 0 bridgehead atoms. The van der Waals surface area contributed by atoms with Gasteiger partial charge in [0.2, 0.25) is 0 Å². The van der Waals surface area contributed by atoms with Crippen LogP contribution >= 0.6 is 0 Å². The summed E-state index contributed by atoms with van der Waals surface area (Å²) in [6, 6.07) is 0. The normalized spacial score (nSPS) is 13.2. The molecular weight excluding hydrogens is 257 g/mol. The molecule has 0 aliphatic carbocycles. The van der Waals surface area contributed by atoms with Crippen molar-refractivity contribution in [1.82, 2.24) is 15.5 Å². The van der Waals surface area contributed by atoms with E-state index in [2.05, 4.69) is 29.5 Å². The van der Waals surface area contributed by atoms with Gasteiger partial charge < -0.3 is 10.6 Å². The molecule has 0 aromatic carbocycles. The Balaban J connectivity index is 4.02. The molecule has 7 heteroatoms. The highest BCUT2D eigenvalue weighted by molar-refractivity contribution is 5.79. The second-order valence-electron chi connectivity index (χ2n) is 4.89. The van der Waals surface area contributed by atoms with Gasteiger partial charge >= 0.3 is 6.18 Å². The van der Waals surface area contributed by atoms with Crippen LogP contribution in [-0.4, -0.2) is 56.8 Å². The molecule has 0 aromatic rings. The fourth-order valence-electron chi connectivity index (χ4n) is 1.37. The summed E-state index contributed by atoms with van der Waals surface area (Å²) in [5.74, 6) is 1.10. The molecule has 19 heavy (non-hydrogen) atoms. The molecule has 4 nitrogen and oxygen atoms in total. The zero-order chi connectivity index (χ0) is 14.9. The van der Waals surface area contributed by atoms with E-state index >= 15 is 0 Å². The van der Waals surface area contributed by atoms with Gasteiger partial charge in [-0.15, -0.1) is 0 Å². The van der Waals surface area contributed by atoms with Crippen molar-refractivity contribution >= 4 is 5.96 Å². The summed E-state index contributed by atoms with van der Waals surface area (Å²) in [4.78, 5) is 5.57. The van der Waals surface area contributed by atoms with Crippen LogP contribution < -0.4 is 10.6 Å². The number of nitrogens with one attached hydrogen (secondary N) is 2. The van der Waals surface area contributed by atoms with Gasteiger partial charge in [-0.1, -0.05) is 13.8 Å². The Kier molecular flexibility index (Phi) is 8.54. The Hall–Kier alpha value is -0.980. The minimum absolute atomic E-state index is 0.311. The van der Waals surface area contributed by atoms with Crippen LogP contribution in [0, 0.1) is 5.92 Å². The van der Waals surface area contributed by atoms with Crippen molar-refractivity contribution in [3.8, 4) is 0 Å². The van der Waals surface area contributed by atoms with Crippen molar-refractivity contribution in [2.75, 3.05) is 39.8 Å². The van der Waals surface area contributed by atoms with E-state index in [1.54, 1.807) is 0 Å². The average Bonchev–Trinajstić information content (AvgIpc) is 2.23. The van der Waals surface area contributed by atoms with Crippen LogP contribution in [0.1, 0.15) is 20.8 Å². The lowest BCUT2D eigenvalue weighted by Crippen LogP contribution is -2.42. The van der Waals surface area contributed by atoms with E-state index in [-0.39, 0.29) is 0 Å². The maximum atomic E-state index is 12.1. The molecule has 0 unspecified atom stereocenters. The van der Waals surface area contributed by atoms with Gasteiger partial charge in [0.1, 0.15) is 0 Å². The second-order valence-corrected chi connectivity index (χ2v) is 4.89. The number of nitrogens with zero attached hydrogens (tertiary/aromatic N) is 2. The van der Waals surface area contributed by atoms with Crippen LogP contribution in [0.5, 0.6) is 0 Å². The number of likely N-dealkylation sites (N-methyl/N-ethyl adjacent to an activating group) is 1. The standard InChI is InChI=1S/C12H25F3N4/c1-5-16-11(18-8-10(2)3)17-6-7-19(4)9-12(13,14)15/h10H,5-9H2,1-4H3,(H2,16,17,18). The molecule has 2 N–H and O–H groups in total. The van der Waals surface area contributed by atoms with E-state index in [4.69, 9.17) is 0 Å². The molecule has 0 fully saturated rings. The lowest BCUT2D eigenvalue weighted by atomic mass is 10.2. The van der Waals surface area contributed by atoms with E-state index in [0.29, 0.717) is 31.5 Å². The third-order valence-electron chi connectivity index (χ3n) is 2.19. The topological polar surface area (TPSA) is 39.7 Å². The molecule has 0 aromatic heterocycles. The van der Waals surface area contributed by atoms with Gasteiger partial charge in [-0.05, 0) is 19.9 Å². The molecule has 0 aliphatic heterocycles. The van der Waals surface area contributed by atoms with Crippen molar-refractivity contribution in [2.45, 2.75) is 26.9 Å². The molecule has 0 saturated heterocycles. The minimum Gasteiger partial charge on any atom is -0.357 e. The fraction of sp³-hybridized carbons (Fsp3) is 0.917. The zero-order valence-electron chi connectivity index (χ0n) is 12.1. The van der Waals surface area contributed by atoms with Crippen molar-refractivity contribution < 1.29 is 13.2 Å². The monoisotopic (exact) mass is 282 g/mol. The quantitative estimate of drug-likeness (QED) is 0.551. The summed E-state index contributed by atoms with van der Waals surface area (Å²) in [6.45, 7) is 7.32. The van der Waals surface area contributed by atoms with E-state index in [1.807, 2.05) is 6.92 Å². The summed E-state index contributed by atoms with van der Waals surface area (Å²) in [5.41, 5.74) is 0.